The van der Waals surface area contributed by atoms with Crippen molar-refractivity contribution in [1.82, 2.24) is 5.32 Å². The van der Waals surface area contributed by atoms with Crippen LogP contribution in [0.1, 0.15) is 12.8 Å². The van der Waals surface area contributed by atoms with Gasteiger partial charge in [-0.2, -0.15) is 0 Å². The molecule has 1 N–H and O–H groups in total. The highest BCUT2D eigenvalue weighted by Crippen LogP contribution is 2.23. The lowest BCUT2D eigenvalue weighted by atomic mass is 9.89. The zero-order valence-electron chi connectivity index (χ0n) is 9.48. The molecular formula is C13H15ClN2O. The molecule has 0 spiro atoms. The summed E-state index contributed by atoms with van der Waals surface area (Å²) in [4.78, 5) is 16.0. The molecule has 4 heteroatoms. The van der Waals surface area contributed by atoms with Crippen LogP contribution in [0.3, 0.4) is 0 Å². The van der Waals surface area contributed by atoms with Gasteiger partial charge in [0.2, 0.25) is 0 Å². The van der Waals surface area contributed by atoms with E-state index >= 15 is 0 Å². The monoisotopic (exact) mass is 250 g/mol. The Kier molecular flexibility index (Phi) is 3.60. The summed E-state index contributed by atoms with van der Waals surface area (Å²) in [6.07, 6.45) is 2.09. The van der Waals surface area contributed by atoms with E-state index in [2.05, 4.69) is 10.3 Å². The Bertz CT molecular complexity index is 547. The topological polar surface area (TPSA) is 41.5 Å². The minimum absolute atomic E-state index is 0. The number of benzene rings is 1. The number of halogens is 1. The van der Waals surface area contributed by atoms with Crippen molar-refractivity contribution in [3.63, 3.8) is 0 Å². The molecule has 1 amide bonds. The average Bonchev–Trinajstić information content (AvgIpc) is 2.66. The lowest BCUT2D eigenvalue weighted by Crippen LogP contribution is -2.32. The van der Waals surface area contributed by atoms with Crippen molar-refractivity contribution in [3.8, 4) is 0 Å². The summed E-state index contributed by atoms with van der Waals surface area (Å²) in [6, 6.07) is 7.84. The lowest BCUT2D eigenvalue weighted by Gasteiger charge is -2.22. The summed E-state index contributed by atoms with van der Waals surface area (Å²) in [5.41, 5.74) is 0.942. The van der Waals surface area contributed by atoms with Gasteiger partial charge in [-0.1, -0.05) is 18.2 Å². The predicted octanol–water partition coefficient (Wildman–Crippen LogP) is 0.418. The van der Waals surface area contributed by atoms with Crippen molar-refractivity contribution in [2.75, 3.05) is 13.1 Å². The number of hydrogen-bond acceptors (Lipinski definition) is 2. The number of nitrogens with zero attached hydrogens (tertiary/aromatic N) is 1. The van der Waals surface area contributed by atoms with E-state index in [0.29, 0.717) is 5.92 Å². The van der Waals surface area contributed by atoms with Gasteiger partial charge in [0.15, 0.2) is 0 Å². The van der Waals surface area contributed by atoms with Gasteiger partial charge in [0.05, 0.1) is 5.36 Å². The highest BCUT2D eigenvalue weighted by molar-refractivity contribution is 6.15. The van der Waals surface area contributed by atoms with Crippen LogP contribution in [-0.4, -0.2) is 19.0 Å². The predicted molar refractivity (Wildman–Crippen MR) is 68.5 cm³/mol. The second kappa shape index (κ2) is 4.98. The first-order valence-electron chi connectivity index (χ1n) is 5.79. The summed E-state index contributed by atoms with van der Waals surface area (Å²) in [7, 11) is 0. The third-order valence-electron chi connectivity index (χ3n) is 3.39. The molecule has 1 aromatic carbocycles. The van der Waals surface area contributed by atoms with Crippen LogP contribution < -0.4 is 15.9 Å². The molecule has 3 rings (SSSR count). The summed E-state index contributed by atoms with van der Waals surface area (Å²) in [6.45, 7) is 2.01. The Balaban J connectivity index is 0.00000108. The molecule has 3 nitrogen and oxygen atoms in total. The van der Waals surface area contributed by atoms with Crippen molar-refractivity contribution in [2.45, 2.75) is 12.8 Å². The van der Waals surface area contributed by atoms with E-state index in [9.17, 15) is 4.79 Å². The van der Waals surface area contributed by atoms with Crippen LogP contribution >= 0.6 is 12.4 Å². The zero-order chi connectivity index (χ0) is 11.0. The van der Waals surface area contributed by atoms with Gasteiger partial charge >= 0.3 is 0 Å². The lowest BCUT2D eigenvalue weighted by molar-refractivity contribution is -0.113. The second-order valence-corrected chi connectivity index (χ2v) is 4.37. The van der Waals surface area contributed by atoms with Gasteiger partial charge in [-0.15, -0.1) is 12.4 Å². The van der Waals surface area contributed by atoms with Crippen LogP contribution in [0.2, 0.25) is 0 Å². The summed E-state index contributed by atoms with van der Waals surface area (Å²) < 4.78 is 0. The standard InChI is InChI=1S/C13H14N2O.ClH/c16-13-12(9-5-7-14-8-6-9)10-3-1-2-4-11(10)15-13;/h1-4,9,14H,5-8H2;1H. The Morgan fingerprint density at radius 3 is 2.65 bits per heavy atom. The molecule has 0 atom stereocenters. The van der Waals surface area contributed by atoms with Gasteiger partial charge < -0.3 is 5.32 Å². The van der Waals surface area contributed by atoms with E-state index in [0.717, 1.165) is 42.1 Å². The molecule has 0 radical (unpaired) electrons. The molecule has 0 bridgehead atoms. The third-order valence-corrected chi connectivity index (χ3v) is 3.39. The normalized spacial score (nSPS) is 19.5. The molecule has 2 aliphatic rings. The van der Waals surface area contributed by atoms with Crippen LogP contribution in [0.4, 0.5) is 0 Å². The maximum atomic E-state index is 11.9. The van der Waals surface area contributed by atoms with E-state index in [4.69, 9.17) is 0 Å². The maximum Gasteiger partial charge on any atom is 0.274 e. The van der Waals surface area contributed by atoms with E-state index < -0.39 is 0 Å². The first-order valence-corrected chi connectivity index (χ1v) is 5.79. The Morgan fingerprint density at radius 1 is 1.18 bits per heavy atom. The largest absolute Gasteiger partial charge is 0.317 e. The first-order chi connectivity index (χ1) is 7.86. The number of rotatable bonds is 1. The molecule has 0 saturated carbocycles. The number of amides is 1. The van der Waals surface area contributed by atoms with Crippen LogP contribution in [0.15, 0.2) is 29.3 Å². The minimum atomic E-state index is -0.0203. The molecule has 2 aliphatic heterocycles. The molecule has 1 aromatic rings. The van der Waals surface area contributed by atoms with Gasteiger partial charge in [-0.3, -0.25) is 4.79 Å². The maximum absolute atomic E-state index is 11.9. The molecule has 90 valence electrons. The number of carbonyl (C=O) groups is 1. The fourth-order valence-electron chi connectivity index (χ4n) is 2.59. The Hall–Kier alpha value is -1.19. The highest BCUT2D eigenvalue weighted by Gasteiger charge is 2.26. The fourth-order valence-corrected chi connectivity index (χ4v) is 2.59. The van der Waals surface area contributed by atoms with Crippen molar-refractivity contribution < 1.29 is 4.79 Å². The van der Waals surface area contributed by atoms with Gasteiger partial charge in [0.25, 0.3) is 5.91 Å². The van der Waals surface area contributed by atoms with E-state index in [1.54, 1.807) is 0 Å². The average molecular weight is 251 g/mol. The summed E-state index contributed by atoms with van der Waals surface area (Å²) in [5, 5.41) is 5.22. The molecule has 0 aromatic heterocycles. The summed E-state index contributed by atoms with van der Waals surface area (Å²) >= 11 is 0. The molecule has 17 heavy (non-hydrogen) atoms. The van der Waals surface area contributed by atoms with Crippen molar-refractivity contribution in [2.24, 2.45) is 10.9 Å². The minimum Gasteiger partial charge on any atom is -0.317 e. The second-order valence-electron chi connectivity index (χ2n) is 4.37. The van der Waals surface area contributed by atoms with E-state index in [1.165, 1.54) is 0 Å². The van der Waals surface area contributed by atoms with Crippen LogP contribution in [0.25, 0.3) is 5.57 Å². The van der Waals surface area contributed by atoms with Gasteiger partial charge in [-0.25, -0.2) is 4.99 Å². The SMILES string of the molecule is Cl.O=C1N=c2ccccc2=C1C1CCNCC1. The van der Waals surface area contributed by atoms with Crippen LogP contribution in [0, 0.1) is 5.92 Å². The van der Waals surface area contributed by atoms with Crippen molar-refractivity contribution in [1.29, 1.82) is 0 Å². The van der Waals surface area contributed by atoms with Crippen molar-refractivity contribution >= 4 is 23.9 Å². The Labute approximate surface area is 106 Å². The number of hydrogen-bond donors (Lipinski definition) is 1. The van der Waals surface area contributed by atoms with E-state index in [-0.39, 0.29) is 18.3 Å². The van der Waals surface area contributed by atoms with Crippen LogP contribution in [0.5, 0.6) is 0 Å². The summed E-state index contributed by atoms with van der Waals surface area (Å²) in [5.74, 6) is 0.370. The van der Waals surface area contributed by atoms with Gasteiger partial charge in [0, 0.05) is 10.8 Å². The molecular weight excluding hydrogens is 236 g/mol. The van der Waals surface area contributed by atoms with Gasteiger partial charge in [-0.05, 0) is 37.9 Å². The number of nitrogens with one attached hydrogen (secondary N) is 1. The van der Waals surface area contributed by atoms with Crippen molar-refractivity contribution in [3.05, 3.63) is 34.8 Å². The number of carbonyl (C=O) groups excluding carboxylic acids is 1. The van der Waals surface area contributed by atoms with Gasteiger partial charge in [0.1, 0.15) is 0 Å². The zero-order valence-corrected chi connectivity index (χ0v) is 10.3. The molecule has 0 aliphatic carbocycles. The molecule has 2 heterocycles. The molecule has 1 saturated heterocycles. The third kappa shape index (κ3) is 2.13. The quantitative estimate of drug-likeness (QED) is 0.785. The molecule has 1 fully saturated rings. The fraction of sp³-hybridized carbons (Fsp3) is 0.385. The smallest absolute Gasteiger partial charge is 0.274 e. The number of para-hydroxylation sites is 1. The van der Waals surface area contributed by atoms with E-state index in [1.807, 2.05) is 24.3 Å². The van der Waals surface area contributed by atoms with Crippen LogP contribution in [-0.2, 0) is 4.79 Å². The first kappa shape index (κ1) is 12.3. The molecule has 0 unspecified atom stereocenters. The number of fused-ring (bicyclic) bond motifs is 1. The highest BCUT2D eigenvalue weighted by atomic mass is 35.5. The number of piperidine rings is 1. The Morgan fingerprint density at radius 2 is 1.88 bits per heavy atom.